The Balaban J connectivity index is 1.71. The van der Waals surface area contributed by atoms with Crippen molar-refractivity contribution in [2.45, 2.75) is 19.9 Å². The second kappa shape index (κ2) is 6.08. The lowest BCUT2D eigenvalue weighted by molar-refractivity contribution is -0.116. The van der Waals surface area contributed by atoms with Crippen molar-refractivity contribution in [3.8, 4) is 0 Å². The van der Waals surface area contributed by atoms with E-state index in [2.05, 4.69) is 5.32 Å². The Morgan fingerprint density at radius 1 is 1.26 bits per heavy atom. The van der Waals surface area contributed by atoms with E-state index in [0.29, 0.717) is 11.1 Å². The summed E-state index contributed by atoms with van der Waals surface area (Å²) in [6.45, 7) is 1.93. The highest BCUT2D eigenvalue weighted by Crippen LogP contribution is 2.16. The third-order valence-electron chi connectivity index (χ3n) is 3.53. The molecule has 0 unspecified atom stereocenters. The molecule has 2 aromatic carbocycles. The van der Waals surface area contributed by atoms with Crippen molar-refractivity contribution in [1.29, 1.82) is 0 Å². The zero-order valence-corrected chi connectivity index (χ0v) is 12.5. The van der Waals surface area contributed by atoms with Gasteiger partial charge in [-0.15, -0.1) is 0 Å². The Labute approximate surface area is 131 Å². The summed E-state index contributed by atoms with van der Waals surface area (Å²) in [4.78, 5) is 23.8. The van der Waals surface area contributed by atoms with Gasteiger partial charge < -0.3 is 9.73 Å². The first-order valence-electron chi connectivity index (χ1n) is 7.19. The van der Waals surface area contributed by atoms with Crippen molar-refractivity contribution in [2.75, 3.05) is 5.32 Å². The second-order valence-electron chi connectivity index (χ2n) is 5.27. The van der Waals surface area contributed by atoms with E-state index in [0.717, 1.165) is 5.56 Å². The van der Waals surface area contributed by atoms with Crippen LogP contribution in [-0.2, 0) is 11.3 Å². The molecule has 0 aliphatic carbocycles. The summed E-state index contributed by atoms with van der Waals surface area (Å²) in [6.07, 6.45) is 0.0384. The number of hydrogen-bond acceptors (Lipinski definition) is 3. The van der Waals surface area contributed by atoms with Crippen LogP contribution in [0.3, 0.4) is 0 Å². The van der Waals surface area contributed by atoms with Gasteiger partial charge in [0.05, 0.1) is 11.2 Å². The Bertz CT molecular complexity index is 927. The van der Waals surface area contributed by atoms with Crippen LogP contribution in [0.5, 0.6) is 0 Å². The lowest BCUT2D eigenvalue weighted by Crippen LogP contribution is -2.20. The first kappa shape index (κ1) is 15.0. The number of oxazole rings is 1. The SMILES string of the molecule is Cc1ccc(NC(=O)CCn2c(=O)oc3ccccc32)c(F)c1. The number of benzene rings is 2. The molecule has 1 amide bonds. The fraction of sp³-hybridized carbons (Fsp3) is 0.176. The summed E-state index contributed by atoms with van der Waals surface area (Å²) in [5, 5.41) is 2.51. The molecule has 0 saturated heterocycles. The van der Waals surface area contributed by atoms with E-state index in [1.54, 1.807) is 37.3 Å². The van der Waals surface area contributed by atoms with Crippen LogP contribution in [0, 0.1) is 12.7 Å². The minimum atomic E-state index is -0.513. The van der Waals surface area contributed by atoms with Crippen LogP contribution in [0.25, 0.3) is 11.1 Å². The number of anilines is 1. The van der Waals surface area contributed by atoms with E-state index < -0.39 is 11.6 Å². The lowest BCUT2D eigenvalue weighted by Gasteiger charge is -2.07. The van der Waals surface area contributed by atoms with Gasteiger partial charge in [0.2, 0.25) is 5.91 Å². The number of carbonyl (C=O) groups excluding carboxylic acids is 1. The number of nitrogens with zero attached hydrogens (tertiary/aromatic N) is 1. The summed E-state index contributed by atoms with van der Waals surface area (Å²) in [7, 11) is 0. The largest absolute Gasteiger partial charge is 0.419 e. The Morgan fingerprint density at radius 3 is 2.83 bits per heavy atom. The summed E-state index contributed by atoms with van der Waals surface area (Å²) in [5.74, 6) is -1.37. The zero-order valence-electron chi connectivity index (χ0n) is 12.5. The third kappa shape index (κ3) is 3.15. The van der Waals surface area contributed by atoms with Gasteiger partial charge in [-0.1, -0.05) is 18.2 Å². The molecule has 0 radical (unpaired) electrons. The molecule has 0 atom stereocenters. The normalized spacial score (nSPS) is 10.9. The van der Waals surface area contributed by atoms with E-state index >= 15 is 0 Å². The van der Waals surface area contributed by atoms with Crippen LogP contribution >= 0.6 is 0 Å². The highest BCUT2D eigenvalue weighted by atomic mass is 19.1. The lowest BCUT2D eigenvalue weighted by atomic mass is 10.2. The minimum Gasteiger partial charge on any atom is -0.408 e. The number of nitrogens with one attached hydrogen (secondary N) is 1. The van der Waals surface area contributed by atoms with Gasteiger partial charge in [0.1, 0.15) is 5.82 Å². The van der Waals surface area contributed by atoms with E-state index in [4.69, 9.17) is 4.42 Å². The molecule has 0 fully saturated rings. The predicted molar refractivity (Wildman–Crippen MR) is 84.9 cm³/mol. The first-order valence-corrected chi connectivity index (χ1v) is 7.19. The standard InChI is InChI=1S/C17H15FN2O3/c1-11-6-7-13(12(18)10-11)19-16(21)8-9-20-14-4-2-3-5-15(14)23-17(20)22/h2-7,10H,8-9H2,1H3,(H,19,21). The predicted octanol–water partition coefficient (Wildman–Crippen LogP) is 3.07. The maximum atomic E-state index is 13.7. The van der Waals surface area contributed by atoms with E-state index in [-0.39, 0.29) is 24.6 Å². The third-order valence-corrected chi connectivity index (χ3v) is 3.53. The van der Waals surface area contributed by atoms with Gasteiger partial charge in [-0.05, 0) is 36.8 Å². The molecular weight excluding hydrogens is 299 g/mol. The minimum absolute atomic E-state index is 0.0384. The first-order chi connectivity index (χ1) is 11.0. The molecule has 1 N–H and O–H groups in total. The Morgan fingerprint density at radius 2 is 2.04 bits per heavy atom. The molecule has 5 nitrogen and oxygen atoms in total. The molecule has 3 rings (SSSR count). The van der Waals surface area contributed by atoms with Gasteiger partial charge in [0.25, 0.3) is 0 Å². The molecule has 3 aromatic rings. The van der Waals surface area contributed by atoms with E-state index in [1.165, 1.54) is 16.7 Å². The number of para-hydroxylation sites is 2. The fourth-order valence-corrected chi connectivity index (χ4v) is 2.37. The number of halogens is 1. The van der Waals surface area contributed by atoms with Crippen molar-refractivity contribution < 1.29 is 13.6 Å². The maximum Gasteiger partial charge on any atom is 0.419 e. The van der Waals surface area contributed by atoms with E-state index in [1.807, 2.05) is 0 Å². The molecule has 0 saturated carbocycles. The van der Waals surface area contributed by atoms with Gasteiger partial charge in [-0.2, -0.15) is 0 Å². The van der Waals surface area contributed by atoms with Crippen LogP contribution in [0.1, 0.15) is 12.0 Å². The number of rotatable bonds is 4. The van der Waals surface area contributed by atoms with E-state index in [9.17, 15) is 14.0 Å². The highest BCUT2D eigenvalue weighted by Gasteiger charge is 2.11. The zero-order chi connectivity index (χ0) is 16.4. The van der Waals surface area contributed by atoms with Gasteiger partial charge in [0, 0.05) is 13.0 Å². The molecular formula is C17H15FN2O3. The van der Waals surface area contributed by atoms with Crippen LogP contribution in [0.4, 0.5) is 10.1 Å². The van der Waals surface area contributed by atoms with Crippen LogP contribution in [-0.4, -0.2) is 10.5 Å². The number of fused-ring (bicyclic) bond motifs is 1. The molecule has 6 heteroatoms. The van der Waals surface area contributed by atoms with Crippen molar-refractivity contribution in [2.24, 2.45) is 0 Å². The number of hydrogen-bond donors (Lipinski definition) is 1. The maximum absolute atomic E-state index is 13.7. The van der Waals surface area contributed by atoms with Gasteiger partial charge >= 0.3 is 5.76 Å². The second-order valence-corrected chi connectivity index (χ2v) is 5.27. The van der Waals surface area contributed by atoms with Crippen LogP contribution in [0.15, 0.2) is 51.7 Å². The van der Waals surface area contributed by atoms with Crippen molar-refractivity contribution in [1.82, 2.24) is 4.57 Å². The molecule has 0 bridgehead atoms. The summed E-state index contributed by atoms with van der Waals surface area (Å²) >= 11 is 0. The summed E-state index contributed by atoms with van der Waals surface area (Å²) in [5.41, 5.74) is 2.01. The average Bonchev–Trinajstić information content (AvgIpc) is 2.83. The quantitative estimate of drug-likeness (QED) is 0.805. The highest BCUT2D eigenvalue weighted by molar-refractivity contribution is 5.90. The smallest absolute Gasteiger partial charge is 0.408 e. The van der Waals surface area contributed by atoms with Gasteiger partial charge in [0.15, 0.2) is 5.58 Å². The van der Waals surface area contributed by atoms with Crippen LogP contribution < -0.4 is 11.1 Å². The molecule has 1 aromatic heterocycles. The van der Waals surface area contributed by atoms with Crippen molar-refractivity contribution in [3.63, 3.8) is 0 Å². The number of aryl methyl sites for hydroxylation is 2. The topological polar surface area (TPSA) is 64.2 Å². The summed E-state index contributed by atoms with van der Waals surface area (Å²) < 4.78 is 20.2. The number of amides is 1. The molecule has 0 aliphatic heterocycles. The Kier molecular flexibility index (Phi) is 3.97. The molecule has 118 valence electrons. The van der Waals surface area contributed by atoms with Crippen molar-refractivity contribution >= 4 is 22.7 Å². The summed E-state index contributed by atoms with van der Waals surface area (Å²) in [6, 6.07) is 11.6. The van der Waals surface area contributed by atoms with Crippen LogP contribution in [0.2, 0.25) is 0 Å². The van der Waals surface area contributed by atoms with Gasteiger partial charge in [-0.3, -0.25) is 9.36 Å². The van der Waals surface area contributed by atoms with Gasteiger partial charge in [-0.25, -0.2) is 9.18 Å². The van der Waals surface area contributed by atoms with Crippen molar-refractivity contribution in [3.05, 3.63) is 64.4 Å². The molecule has 0 spiro atoms. The molecule has 1 heterocycles. The number of carbonyl (C=O) groups is 1. The Hall–Kier alpha value is -2.89. The molecule has 0 aliphatic rings. The molecule has 23 heavy (non-hydrogen) atoms. The monoisotopic (exact) mass is 314 g/mol. The number of aromatic nitrogens is 1. The average molecular weight is 314 g/mol. The fourth-order valence-electron chi connectivity index (χ4n) is 2.37.